The lowest BCUT2D eigenvalue weighted by Gasteiger charge is -2.26. The van der Waals surface area contributed by atoms with Crippen LogP contribution in [-0.2, 0) is 26.1 Å². The molecule has 2 heterocycles. The van der Waals surface area contributed by atoms with Crippen molar-refractivity contribution >= 4 is 21.6 Å². The summed E-state index contributed by atoms with van der Waals surface area (Å²) in [7, 11) is -1.78. The molecule has 0 bridgehead atoms. The average Bonchev–Trinajstić information content (AvgIpc) is 3.12. The highest BCUT2D eigenvalue weighted by atomic mass is 32.2. The number of sulfonamides is 1. The second-order valence-electron chi connectivity index (χ2n) is 7.14. The molecule has 1 fully saturated rings. The number of ether oxygens (including phenoxy) is 1. The molecule has 2 aromatic rings. The molecule has 1 N–H and O–H groups in total. The summed E-state index contributed by atoms with van der Waals surface area (Å²) in [6.45, 7) is 5.58. The van der Waals surface area contributed by atoms with Gasteiger partial charge in [-0.25, -0.2) is 8.42 Å². The zero-order chi connectivity index (χ0) is 21.0. The van der Waals surface area contributed by atoms with E-state index in [1.165, 1.54) is 16.4 Å². The number of hydrogen-bond acceptors (Lipinski definition) is 6. The molecule has 0 radical (unpaired) electrons. The lowest BCUT2D eigenvalue weighted by molar-refractivity contribution is -0.120. The predicted octanol–water partition coefficient (Wildman–Crippen LogP) is 2.07. The van der Waals surface area contributed by atoms with Crippen LogP contribution < -0.4 is 5.32 Å². The maximum Gasteiger partial charge on any atom is 0.243 e. The highest BCUT2D eigenvalue weighted by molar-refractivity contribution is 7.89. The monoisotopic (exact) mass is 421 g/mol. The first-order valence-electron chi connectivity index (χ1n) is 9.52. The van der Waals surface area contributed by atoms with Gasteiger partial charge in [-0.2, -0.15) is 4.31 Å². The lowest BCUT2D eigenvalue weighted by atomic mass is 10.2. The summed E-state index contributed by atoms with van der Waals surface area (Å²) in [5, 5.41) is 2.81. The standard InChI is InChI=1S/C20H27N3O5S/c1-15-7-8-18(28-15)14-22(3)16(2)20(24)21-17-5-4-6-19(13-17)29(25,26)23-9-11-27-12-10-23/h4-8,13,16H,9-12,14H2,1-3H3,(H,21,24)/t16-/m1/s1. The smallest absolute Gasteiger partial charge is 0.243 e. The van der Waals surface area contributed by atoms with Crippen molar-refractivity contribution in [1.82, 2.24) is 9.21 Å². The van der Waals surface area contributed by atoms with E-state index in [4.69, 9.17) is 9.15 Å². The number of aryl methyl sites for hydroxylation is 1. The summed E-state index contributed by atoms with van der Waals surface area (Å²) in [5.74, 6) is 1.38. The first-order valence-corrected chi connectivity index (χ1v) is 11.0. The van der Waals surface area contributed by atoms with Crippen molar-refractivity contribution in [3.63, 3.8) is 0 Å². The summed E-state index contributed by atoms with van der Waals surface area (Å²) in [4.78, 5) is 14.7. The van der Waals surface area contributed by atoms with Gasteiger partial charge in [-0.05, 0) is 51.2 Å². The fraction of sp³-hybridized carbons (Fsp3) is 0.450. The topological polar surface area (TPSA) is 92.1 Å². The number of nitrogens with zero attached hydrogens (tertiary/aromatic N) is 2. The Hall–Kier alpha value is -2.20. The Bertz CT molecular complexity index is 951. The van der Waals surface area contributed by atoms with Crippen LogP contribution in [0.1, 0.15) is 18.4 Å². The second kappa shape index (κ2) is 9.08. The second-order valence-corrected chi connectivity index (χ2v) is 9.07. The molecule has 1 amide bonds. The van der Waals surface area contributed by atoms with Gasteiger partial charge in [0.15, 0.2) is 0 Å². The average molecular weight is 422 g/mol. The number of anilines is 1. The van der Waals surface area contributed by atoms with Crippen LogP contribution in [0.25, 0.3) is 0 Å². The maximum absolute atomic E-state index is 12.8. The molecule has 0 aliphatic carbocycles. The van der Waals surface area contributed by atoms with E-state index in [9.17, 15) is 13.2 Å². The number of carbonyl (C=O) groups excluding carboxylic acids is 1. The van der Waals surface area contributed by atoms with E-state index in [1.807, 2.05) is 31.0 Å². The van der Waals surface area contributed by atoms with Crippen LogP contribution >= 0.6 is 0 Å². The van der Waals surface area contributed by atoms with Gasteiger partial charge in [0.05, 0.1) is 30.7 Å². The van der Waals surface area contributed by atoms with E-state index in [0.717, 1.165) is 11.5 Å². The molecule has 1 aromatic carbocycles. The van der Waals surface area contributed by atoms with Gasteiger partial charge in [0, 0.05) is 18.8 Å². The SMILES string of the molecule is Cc1ccc(CN(C)[C@H](C)C(=O)Nc2cccc(S(=O)(=O)N3CCOCC3)c2)o1. The van der Waals surface area contributed by atoms with E-state index in [1.54, 1.807) is 19.1 Å². The van der Waals surface area contributed by atoms with Crippen LogP contribution in [-0.4, -0.2) is 62.9 Å². The number of morpholine rings is 1. The molecule has 0 unspecified atom stereocenters. The van der Waals surface area contributed by atoms with Crippen molar-refractivity contribution in [2.75, 3.05) is 38.7 Å². The van der Waals surface area contributed by atoms with Crippen molar-refractivity contribution in [2.24, 2.45) is 0 Å². The quantitative estimate of drug-likeness (QED) is 0.736. The van der Waals surface area contributed by atoms with E-state index in [2.05, 4.69) is 5.32 Å². The van der Waals surface area contributed by atoms with Crippen LogP contribution in [0, 0.1) is 6.92 Å². The zero-order valence-electron chi connectivity index (χ0n) is 16.9. The molecule has 8 nitrogen and oxygen atoms in total. The fourth-order valence-corrected chi connectivity index (χ4v) is 4.52. The third kappa shape index (κ3) is 5.24. The molecule has 9 heteroatoms. The molecule has 0 saturated carbocycles. The molecule has 1 aliphatic rings. The molecule has 29 heavy (non-hydrogen) atoms. The molecule has 1 saturated heterocycles. The molecular formula is C20H27N3O5S. The van der Waals surface area contributed by atoms with Crippen LogP contribution in [0.15, 0.2) is 45.7 Å². The molecule has 1 aromatic heterocycles. The summed E-state index contributed by atoms with van der Waals surface area (Å²) >= 11 is 0. The first-order chi connectivity index (χ1) is 13.8. The van der Waals surface area contributed by atoms with E-state index < -0.39 is 16.1 Å². The van der Waals surface area contributed by atoms with Crippen molar-refractivity contribution < 1.29 is 22.4 Å². The number of carbonyl (C=O) groups is 1. The number of hydrogen-bond donors (Lipinski definition) is 1. The highest BCUT2D eigenvalue weighted by Gasteiger charge is 2.27. The van der Waals surface area contributed by atoms with Crippen molar-refractivity contribution in [3.8, 4) is 0 Å². The minimum atomic E-state index is -3.62. The van der Waals surface area contributed by atoms with Crippen LogP contribution in [0.3, 0.4) is 0 Å². The summed E-state index contributed by atoms with van der Waals surface area (Å²) < 4.78 is 37.8. The van der Waals surface area contributed by atoms with Crippen molar-refractivity contribution in [2.45, 2.75) is 31.3 Å². The minimum absolute atomic E-state index is 0.157. The van der Waals surface area contributed by atoms with Crippen molar-refractivity contribution in [3.05, 3.63) is 47.9 Å². The number of nitrogens with one attached hydrogen (secondary N) is 1. The Kier molecular flexibility index (Phi) is 6.74. The van der Waals surface area contributed by atoms with Gasteiger partial charge >= 0.3 is 0 Å². The van der Waals surface area contributed by atoms with Crippen LogP contribution in [0.4, 0.5) is 5.69 Å². The number of rotatable bonds is 7. The molecule has 1 aliphatic heterocycles. The third-order valence-corrected chi connectivity index (χ3v) is 6.85. The first kappa shape index (κ1) is 21.5. The Morgan fingerprint density at radius 3 is 2.62 bits per heavy atom. The predicted molar refractivity (Wildman–Crippen MR) is 109 cm³/mol. The molecule has 158 valence electrons. The van der Waals surface area contributed by atoms with E-state index >= 15 is 0 Å². The largest absolute Gasteiger partial charge is 0.465 e. The van der Waals surface area contributed by atoms with E-state index in [-0.39, 0.29) is 10.8 Å². The van der Waals surface area contributed by atoms with Gasteiger partial charge in [-0.15, -0.1) is 0 Å². The number of amides is 1. The molecule has 3 rings (SSSR count). The Balaban J connectivity index is 1.66. The van der Waals surface area contributed by atoms with Crippen LogP contribution in [0.5, 0.6) is 0 Å². The van der Waals surface area contributed by atoms with Crippen LogP contribution in [0.2, 0.25) is 0 Å². The Labute approximate surface area is 171 Å². The Morgan fingerprint density at radius 2 is 1.97 bits per heavy atom. The molecule has 0 spiro atoms. The Morgan fingerprint density at radius 1 is 1.24 bits per heavy atom. The maximum atomic E-state index is 12.8. The fourth-order valence-electron chi connectivity index (χ4n) is 3.07. The van der Waals surface area contributed by atoms with Gasteiger partial charge in [-0.3, -0.25) is 9.69 Å². The summed E-state index contributed by atoms with van der Waals surface area (Å²) in [5.41, 5.74) is 0.443. The molecular weight excluding hydrogens is 394 g/mol. The number of benzene rings is 1. The van der Waals surface area contributed by atoms with Gasteiger partial charge in [0.1, 0.15) is 11.5 Å². The van der Waals surface area contributed by atoms with Gasteiger partial charge < -0.3 is 14.5 Å². The van der Waals surface area contributed by atoms with Gasteiger partial charge in [0.2, 0.25) is 15.9 Å². The van der Waals surface area contributed by atoms with Gasteiger partial charge in [0.25, 0.3) is 0 Å². The zero-order valence-corrected chi connectivity index (χ0v) is 17.7. The third-order valence-electron chi connectivity index (χ3n) is 4.95. The lowest BCUT2D eigenvalue weighted by Crippen LogP contribution is -2.40. The number of furan rings is 1. The van der Waals surface area contributed by atoms with Gasteiger partial charge in [-0.1, -0.05) is 6.07 Å². The molecule has 1 atom stereocenters. The van der Waals surface area contributed by atoms with Crippen molar-refractivity contribution in [1.29, 1.82) is 0 Å². The van der Waals surface area contributed by atoms with E-state index in [0.29, 0.717) is 38.5 Å². The highest BCUT2D eigenvalue weighted by Crippen LogP contribution is 2.21. The number of likely N-dealkylation sites (N-methyl/N-ethyl adjacent to an activating group) is 1. The summed E-state index contributed by atoms with van der Waals surface area (Å²) in [6, 6.07) is 9.67. The normalized spacial score (nSPS) is 16.7. The summed E-state index contributed by atoms with van der Waals surface area (Å²) in [6.07, 6.45) is 0. The minimum Gasteiger partial charge on any atom is -0.465 e.